The van der Waals surface area contributed by atoms with Crippen LogP contribution in [0.4, 0.5) is 24.5 Å². The molecule has 1 fully saturated rings. The van der Waals surface area contributed by atoms with Crippen LogP contribution in [0.1, 0.15) is 39.2 Å². The van der Waals surface area contributed by atoms with Gasteiger partial charge in [-0.15, -0.1) is 0 Å². The maximum Gasteiger partial charge on any atom is 0.416 e. The fraction of sp³-hybridized carbons (Fsp3) is 0.379. The van der Waals surface area contributed by atoms with Crippen molar-refractivity contribution < 1.29 is 18.0 Å². The Morgan fingerprint density at radius 1 is 1.14 bits per heavy atom. The fourth-order valence-electron chi connectivity index (χ4n) is 4.83. The van der Waals surface area contributed by atoms with Crippen LogP contribution in [0.3, 0.4) is 0 Å². The summed E-state index contributed by atoms with van der Waals surface area (Å²) in [5.74, 6) is 5.73. The van der Waals surface area contributed by atoms with Crippen molar-refractivity contribution >= 4 is 34.6 Å². The van der Waals surface area contributed by atoms with Gasteiger partial charge in [-0.3, -0.25) is 19.4 Å². The zero-order chi connectivity index (χ0) is 30.6. The van der Waals surface area contributed by atoms with Gasteiger partial charge in [0.05, 0.1) is 28.2 Å². The Balaban J connectivity index is 1.58. The third kappa shape index (κ3) is 7.62. The minimum Gasteiger partial charge on any atom is -0.386 e. The highest BCUT2D eigenvalue weighted by molar-refractivity contribution is 6.33. The molecule has 1 aromatic heterocycles. The smallest absolute Gasteiger partial charge is 0.386 e. The van der Waals surface area contributed by atoms with Gasteiger partial charge in [0.1, 0.15) is 0 Å². The van der Waals surface area contributed by atoms with Crippen LogP contribution in [0, 0.1) is 6.92 Å². The molecule has 9 nitrogen and oxygen atoms in total. The van der Waals surface area contributed by atoms with E-state index in [1.807, 2.05) is 21.0 Å². The van der Waals surface area contributed by atoms with Gasteiger partial charge in [0.2, 0.25) is 0 Å². The average Bonchev–Trinajstić information content (AvgIpc) is 3.12. The number of hydrogen-bond donors (Lipinski definition) is 3. The Morgan fingerprint density at radius 3 is 2.57 bits per heavy atom. The number of anilines is 2. The molecule has 0 bridgehead atoms. The normalized spacial score (nSPS) is 15.4. The van der Waals surface area contributed by atoms with E-state index in [1.54, 1.807) is 30.2 Å². The third-order valence-corrected chi connectivity index (χ3v) is 7.67. The molecule has 226 valence electrons. The molecular formula is C29H36ClF3N8O. The van der Waals surface area contributed by atoms with Crippen molar-refractivity contribution in [2.24, 2.45) is 12.9 Å². The SMILES string of the molecule is CN/C(=C\N(N)c1cc(C(=O)Nc2cc(CN3CCCN(C)CC3)cc(C(F)(F)F)c2)ccc1Cl)c1cnn(C)c1C. The monoisotopic (exact) mass is 604 g/mol. The van der Waals surface area contributed by atoms with E-state index in [4.69, 9.17) is 17.4 Å². The second-order valence-electron chi connectivity index (χ2n) is 10.4. The second-order valence-corrected chi connectivity index (χ2v) is 10.8. The summed E-state index contributed by atoms with van der Waals surface area (Å²) in [5, 5.41) is 11.5. The van der Waals surface area contributed by atoms with Crippen molar-refractivity contribution in [3.63, 3.8) is 0 Å². The topological polar surface area (TPSA) is 94.7 Å². The lowest BCUT2D eigenvalue weighted by molar-refractivity contribution is -0.137. The van der Waals surface area contributed by atoms with Gasteiger partial charge >= 0.3 is 6.18 Å². The number of carbonyl (C=O) groups excluding carboxylic acids is 1. The number of nitrogens with one attached hydrogen (secondary N) is 2. The maximum atomic E-state index is 13.8. The van der Waals surface area contributed by atoms with Crippen molar-refractivity contribution in [3.05, 3.63) is 81.8 Å². The first-order chi connectivity index (χ1) is 19.8. The molecule has 2 aromatic carbocycles. The summed E-state index contributed by atoms with van der Waals surface area (Å²) < 4.78 is 43.1. The van der Waals surface area contributed by atoms with Crippen LogP contribution >= 0.6 is 11.6 Å². The zero-order valence-corrected chi connectivity index (χ0v) is 24.9. The highest BCUT2D eigenvalue weighted by Gasteiger charge is 2.31. The first-order valence-electron chi connectivity index (χ1n) is 13.5. The van der Waals surface area contributed by atoms with Crippen LogP contribution in [0.5, 0.6) is 0 Å². The van der Waals surface area contributed by atoms with E-state index in [1.165, 1.54) is 23.2 Å². The summed E-state index contributed by atoms with van der Waals surface area (Å²) in [6, 6.07) is 8.17. The van der Waals surface area contributed by atoms with E-state index in [9.17, 15) is 18.0 Å². The number of hydrazine groups is 1. The molecule has 13 heteroatoms. The summed E-state index contributed by atoms with van der Waals surface area (Å²) in [5.41, 5.74) is 2.63. The van der Waals surface area contributed by atoms with Crippen LogP contribution < -0.4 is 21.5 Å². The van der Waals surface area contributed by atoms with Crippen LogP contribution in [-0.4, -0.2) is 65.8 Å². The number of hydrogen-bond acceptors (Lipinski definition) is 7. The van der Waals surface area contributed by atoms with Gasteiger partial charge < -0.3 is 15.5 Å². The van der Waals surface area contributed by atoms with Gasteiger partial charge in [0.15, 0.2) is 0 Å². The fourth-order valence-corrected chi connectivity index (χ4v) is 5.05. The number of benzene rings is 2. The molecule has 0 aliphatic carbocycles. The molecule has 1 amide bonds. The van der Waals surface area contributed by atoms with Crippen LogP contribution in [-0.2, 0) is 19.8 Å². The van der Waals surface area contributed by atoms with Gasteiger partial charge in [-0.05, 0) is 75.4 Å². The van der Waals surface area contributed by atoms with Gasteiger partial charge in [-0.1, -0.05) is 11.6 Å². The molecule has 0 saturated carbocycles. The molecule has 1 aliphatic heterocycles. The summed E-state index contributed by atoms with van der Waals surface area (Å²) in [4.78, 5) is 17.6. The van der Waals surface area contributed by atoms with E-state index in [-0.39, 0.29) is 16.3 Å². The lowest BCUT2D eigenvalue weighted by atomic mass is 10.1. The number of likely N-dealkylation sites (N-methyl/N-ethyl adjacent to an activating group) is 1. The summed E-state index contributed by atoms with van der Waals surface area (Å²) in [6.07, 6.45) is -0.312. The molecule has 3 aromatic rings. The lowest BCUT2D eigenvalue weighted by Crippen LogP contribution is -2.28. The van der Waals surface area contributed by atoms with Crippen molar-refractivity contribution in [3.8, 4) is 0 Å². The summed E-state index contributed by atoms with van der Waals surface area (Å²) in [6.45, 7) is 5.59. The van der Waals surface area contributed by atoms with E-state index in [0.717, 1.165) is 56.0 Å². The number of halogens is 4. The number of aromatic nitrogens is 2. The van der Waals surface area contributed by atoms with Gasteiger partial charge in [-0.25, -0.2) is 5.84 Å². The minimum absolute atomic E-state index is 0.0577. The summed E-state index contributed by atoms with van der Waals surface area (Å²) >= 11 is 6.42. The second kappa shape index (κ2) is 13.2. The minimum atomic E-state index is -4.56. The van der Waals surface area contributed by atoms with Crippen molar-refractivity contribution in [1.29, 1.82) is 0 Å². The quantitative estimate of drug-likeness (QED) is 0.254. The van der Waals surface area contributed by atoms with Crippen LogP contribution in [0.25, 0.3) is 5.70 Å². The average molecular weight is 605 g/mol. The molecule has 0 unspecified atom stereocenters. The molecule has 4 rings (SSSR count). The van der Waals surface area contributed by atoms with E-state index in [0.29, 0.717) is 23.5 Å². The lowest BCUT2D eigenvalue weighted by Gasteiger charge is -2.21. The Labute approximate surface area is 248 Å². The number of amides is 1. The molecule has 2 heterocycles. The Bertz CT molecular complexity index is 1460. The highest BCUT2D eigenvalue weighted by Crippen LogP contribution is 2.33. The summed E-state index contributed by atoms with van der Waals surface area (Å²) in [7, 11) is 5.60. The first-order valence-corrected chi connectivity index (χ1v) is 13.9. The van der Waals surface area contributed by atoms with Gasteiger partial charge in [-0.2, -0.15) is 18.3 Å². The van der Waals surface area contributed by atoms with Gasteiger partial charge in [0.25, 0.3) is 5.91 Å². The molecule has 4 N–H and O–H groups in total. The number of carbonyl (C=O) groups is 1. The standard InChI is InChI=1S/C29H36ClF3N8O/c1-19-24(16-36-39(19)4)26(35-2)18-41(34)27-14-21(6-7-25(27)30)28(42)37-23-13-20(12-22(15-23)29(31,32)33)17-40-9-5-8-38(3)10-11-40/h6-7,12-16,18,35H,5,8-11,17,34H2,1-4H3,(H,37,42)/b26-18-. The first kappa shape index (κ1) is 31.4. The number of nitrogens with two attached hydrogens (primary N) is 1. The molecule has 1 saturated heterocycles. The maximum absolute atomic E-state index is 13.8. The Kier molecular flexibility index (Phi) is 9.82. The zero-order valence-electron chi connectivity index (χ0n) is 24.1. The number of rotatable bonds is 8. The Hall–Kier alpha value is -3.58. The number of nitrogens with zero attached hydrogens (tertiary/aromatic N) is 5. The number of aryl methyl sites for hydroxylation is 1. The predicted octanol–water partition coefficient (Wildman–Crippen LogP) is 4.69. The third-order valence-electron chi connectivity index (χ3n) is 7.35. The largest absolute Gasteiger partial charge is 0.416 e. The van der Waals surface area contributed by atoms with Crippen molar-refractivity contribution in [2.75, 3.05) is 50.6 Å². The van der Waals surface area contributed by atoms with E-state index >= 15 is 0 Å². The Morgan fingerprint density at radius 2 is 1.90 bits per heavy atom. The molecule has 0 spiro atoms. The van der Waals surface area contributed by atoms with Crippen molar-refractivity contribution in [2.45, 2.75) is 26.1 Å². The molecular weight excluding hydrogens is 569 g/mol. The molecule has 0 radical (unpaired) electrons. The van der Waals surface area contributed by atoms with Crippen LogP contribution in [0.15, 0.2) is 48.8 Å². The van der Waals surface area contributed by atoms with Crippen molar-refractivity contribution in [1.82, 2.24) is 24.9 Å². The van der Waals surface area contributed by atoms with E-state index < -0.39 is 17.6 Å². The van der Waals surface area contributed by atoms with Crippen LogP contribution in [0.2, 0.25) is 5.02 Å². The molecule has 42 heavy (non-hydrogen) atoms. The number of alkyl halides is 3. The highest BCUT2D eigenvalue weighted by atomic mass is 35.5. The predicted molar refractivity (Wildman–Crippen MR) is 160 cm³/mol. The molecule has 0 atom stereocenters. The molecule has 1 aliphatic rings. The van der Waals surface area contributed by atoms with Gasteiger partial charge in [0, 0.05) is 62.4 Å². The van der Waals surface area contributed by atoms with E-state index in [2.05, 4.69) is 25.5 Å².